The smallest absolute Gasteiger partial charge is 0.256 e. The van der Waals surface area contributed by atoms with Crippen LogP contribution in [-0.2, 0) is 0 Å². The predicted octanol–water partition coefficient (Wildman–Crippen LogP) is 1.22. The van der Waals surface area contributed by atoms with Crippen LogP contribution in [0.4, 0.5) is 5.69 Å². The van der Waals surface area contributed by atoms with E-state index in [1.807, 2.05) is 17.0 Å². The largest absolute Gasteiger partial charge is 0.398 e. The summed E-state index contributed by atoms with van der Waals surface area (Å²) >= 11 is 0. The van der Waals surface area contributed by atoms with E-state index < -0.39 is 0 Å². The van der Waals surface area contributed by atoms with Crippen molar-refractivity contribution in [2.24, 2.45) is 5.73 Å². The molecule has 1 aromatic rings. The van der Waals surface area contributed by atoms with Crippen molar-refractivity contribution < 1.29 is 4.79 Å². The minimum atomic E-state index is -0.00856. The molecular formula is C13H19N3O. The first-order chi connectivity index (χ1) is 8.09. The molecule has 4 heteroatoms. The molecule has 17 heavy (non-hydrogen) atoms. The van der Waals surface area contributed by atoms with Gasteiger partial charge in [0.15, 0.2) is 0 Å². The Morgan fingerprint density at radius 3 is 2.76 bits per heavy atom. The van der Waals surface area contributed by atoms with Gasteiger partial charge in [0.05, 0.1) is 5.56 Å². The fourth-order valence-electron chi connectivity index (χ4n) is 2.26. The zero-order valence-electron chi connectivity index (χ0n) is 10.1. The number of amides is 1. The van der Waals surface area contributed by atoms with Gasteiger partial charge in [-0.3, -0.25) is 4.79 Å². The molecule has 0 bridgehead atoms. The lowest BCUT2D eigenvalue weighted by atomic mass is 9.98. The van der Waals surface area contributed by atoms with Crippen LogP contribution in [0.2, 0.25) is 0 Å². The Kier molecular flexibility index (Phi) is 3.33. The lowest BCUT2D eigenvalue weighted by molar-refractivity contribution is 0.0614. The van der Waals surface area contributed by atoms with Gasteiger partial charge >= 0.3 is 0 Å². The molecule has 0 aromatic heterocycles. The first-order valence-electron chi connectivity index (χ1n) is 6.00. The molecule has 4 N–H and O–H groups in total. The highest BCUT2D eigenvalue weighted by Gasteiger charge is 2.28. The van der Waals surface area contributed by atoms with E-state index in [2.05, 4.69) is 6.92 Å². The summed E-state index contributed by atoms with van der Waals surface area (Å²) in [6.07, 6.45) is 1.94. The Balaban J connectivity index is 2.22. The van der Waals surface area contributed by atoms with Crippen LogP contribution in [0.5, 0.6) is 0 Å². The van der Waals surface area contributed by atoms with Gasteiger partial charge in [0.25, 0.3) is 5.91 Å². The average Bonchev–Trinajstić information content (AvgIpc) is 2.32. The van der Waals surface area contributed by atoms with E-state index >= 15 is 0 Å². The van der Waals surface area contributed by atoms with Gasteiger partial charge in [-0.15, -0.1) is 0 Å². The summed E-state index contributed by atoms with van der Waals surface area (Å²) in [4.78, 5) is 14.2. The summed E-state index contributed by atoms with van der Waals surface area (Å²) < 4.78 is 0. The second-order valence-corrected chi connectivity index (χ2v) is 4.73. The summed E-state index contributed by atoms with van der Waals surface area (Å²) in [5.74, 6) is -0.00856. The fraction of sp³-hybridized carbons (Fsp3) is 0.462. The first kappa shape index (κ1) is 11.9. The van der Waals surface area contributed by atoms with Gasteiger partial charge in [-0.05, 0) is 31.9 Å². The molecule has 4 nitrogen and oxygen atoms in total. The summed E-state index contributed by atoms with van der Waals surface area (Å²) in [6.45, 7) is 2.68. The normalized spacial score (nSPS) is 24.7. The number of anilines is 1. The Hall–Kier alpha value is -1.55. The summed E-state index contributed by atoms with van der Waals surface area (Å²) in [6, 6.07) is 7.50. The molecule has 0 spiro atoms. The van der Waals surface area contributed by atoms with Crippen molar-refractivity contribution in [3.8, 4) is 0 Å². The number of carbonyl (C=O) groups excluding carboxylic acids is 1. The number of nitrogens with two attached hydrogens (primary N) is 2. The second-order valence-electron chi connectivity index (χ2n) is 4.73. The van der Waals surface area contributed by atoms with Gasteiger partial charge in [0.1, 0.15) is 0 Å². The number of rotatable bonds is 1. The zero-order valence-corrected chi connectivity index (χ0v) is 10.1. The number of piperidine rings is 1. The molecule has 92 valence electrons. The number of carbonyl (C=O) groups is 1. The Bertz CT molecular complexity index is 419. The van der Waals surface area contributed by atoms with Crippen molar-refractivity contribution in [2.75, 3.05) is 12.3 Å². The maximum atomic E-state index is 12.4. The van der Waals surface area contributed by atoms with E-state index in [9.17, 15) is 4.79 Å². The summed E-state index contributed by atoms with van der Waals surface area (Å²) in [5.41, 5.74) is 12.9. The molecule has 1 saturated heterocycles. The second kappa shape index (κ2) is 4.75. The van der Waals surface area contributed by atoms with E-state index in [0.717, 1.165) is 12.8 Å². The SMILES string of the molecule is CC1CCC(N)CN1C(=O)c1ccccc1N. The van der Waals surface area contributed by atoms with E-state index in [0.29, 0.717) is 17.8 Å². The molecule has 2 atom stereocenters. The molecule has 1 aliphatic heterocycles. The lowest BCUT2D eigenvalue weighted by Crippen LogP contribution is -2.50. The Morgan fingerprint density at radius 2 is 2.06 bits per heavy atom. The molecule has 2 rings (SSSR count). The number of hydrogen-bond donors (Lipinski definition) is 2. The molecular weight excluding hydrogens is 214 g/mol. The molecule has 1 aromatic carbocycles. The van der Waals surface area contributed by atoms with Crippen LogP contribution < -0.4 is 11.5 Å². The van der Waals surface area contributed by atoms with Gasteiger partial charge in [0.2, 0.25) is 0 Å². The highest BCUT2D eigenvalue weighted by atomic mass is 16.2. The number of hydrogen-bond acceptors (Lipinski definition) is 3. The van der Waals surface area contributed by atoms with Crippen LogP contribution in [0.25, 0.3) is 0 Å². The number of benzene rings is 1. The van der Waals surface area contributed by atoms with Gasteiger partial charge in [-0.25, -0.2) is 0 Å². The van der Waals surface area contributed by atoms with Crippen LogP contribution in [0.1, 0.15) is 30.1 Å². The van der Waals surface area contributed by atoms with Gasteiger partial charge in [0, 0.05) is 24.3 Å². The van der Waals surface area contributed by atoms with Crippen molar-refractivity contribution in [3.05, 3.63) is 29.8 Å². The average molecular weight is 233 g/mol. The third-order valence-electron chi connectivity index (χ3n) is 3.37. The highest BCUT2D eigenvalue weighted by molar-refractivity contribution is 5.99. The fourth-order valence-corrected chi connectivity index (χ4v) is 2.26. The van der Waals surface area contributed by atoms with Gasteiger partial charge < -0.3 is 16.4 Å². The van der Waals surface area contributed by atoms with E-state index in [1.54, 1.807) is 12.1 Å². The van der Waals surface area contributed by atoms with E-state index in [-0.39, 0.29) is 18.0 Å². The minimum Gasteiger partial charge on any atom is -0.398 e. The van der Waals surface area contributed by atoms with Crippen LogP contribution in [0, 0.1) is 0 Å². The number of nitrogens with zero attached hydrogens (tertiary/aromatic N) is 1. The monoisotopic (exact) mass is 233 g/mol. The van der Waals surface area contributed by atoms with Crippen LogP contribution in [0.15, 0.2) is 24.3 Å². The number of likely N-dealkylation sites (tertiary alicyclic amines) is 1. The number of para-hydroxylation sites is 1. The number of nitrogen functional groups attached to an aromatic ring is 1. The summed E-state index contributed by atoms with van der Waals surface area (Å²) in [7, 11) is 0. The molecule has 2 unspecified atom stereocenters. The maximum Gasteiger partial charge on any atom is 0.256 e. The highest BCUT2D eigenvalue weighted by Crippen LogP contribution is 2.21. The van der Waals surface area contributed by atoms with Crippen molar-refractivity contribution in [1.29, 1.82) is 0 Å². The molecule has 1 amide bonds. The molecule has 0 aliphatic carbocycles. The topological polar surface area (TPSA) is 72.3 Å². The van der Waals surface area contributed by atoms with Crippen LogP contribution in [0.3, 0.4) is 0 Å². The summed E-state index contributed by atoms with van der Waals surface area (Å²) in [5, 5.41) is 0. The Morgan fingerprint density at radius 1 is 1.35 bits per heavy atom. The van der Waals surface area contributed by atoms with Crippen molar-refractivity contribution >= 4 is 11.6 Å². The van der Waals surface area contributed by atoms with Crippen molar-refractivity contribution in [3.63, 3.8) is 0 Å². The lowest BCUT2D eigenvalue weighted by Gasteiger charge is -2.36. The van der Waals surface area contributed by atoms with Crippen molar-refractivity contribution in [2.45, 2.75) is 31.8 Å². The molecule has 0 saturated carbocycles. The van der Waals surface area contributed by atoms with Crippen molar-refractivity contribution in [1.82, 2.24) is 4.90 Å². The predicted molar refractivity (Wildman–Crippen MR) is 68.6 cm³/mol. The minimum absolute atomic E-state index is 0.00856. The zero-order chi connectivity index (χ0) is 12.4. The maximum absolute atomic E-state index is 12.4. The quantitative estimate of drug-likeness (QED) is 0.716. The van der Waals surface area contributed by atoms with Gasteiger partial charge in [-0.2, -0.15) is 0 Å². The van der Waals surface area contributed by atoms with Crippen LogP contribution >= 0.6 is 0 Å². The van der Waals surface area contributed by atoms with Gasteiger partial charge in [-0.1, -0.05) is 12.1 Å². The molecule has 1 fully saturated rings. The van der Waals surface area contributed by atoms with E-state index in [4.69, 9.17) is 11.5 Å². The molecule has 1 heterocycles. The molecule has 0 radical (unpaired) electrons. The van der Waals surface area contributed by atoms with E-state index in [1.165, 1.54) is 0 Å². The Labute approximate surface area is 102 Å². The standard InChI is InChI=1S/C13H19N3O/c1-9-6-7-10(14)8-16(9)13(17)11-4-2-3-5-12(11)15/h2-5,9-10H,6-8,14-15H2,1H3. The molecule has 1 aliphatic rings. The first-order valence-corrected chi connectivity index (χ1v) is 6.00. The van der Waals surface area contributed by atoms with Crippen LogP contribution in [-0.4, -0.2) is 29.4 Å². The third kappa shape index (κ3) is 2.42. The third-order valence-corrected chi connectivity index (χ3v) is 3.37.